The van der Waals surface area contributed by atoms with E-state index in [9.17, 15) is 4.79 Å². The highest BCUT2D eigenvalue weighted by Crippen LogP contribution is 2.45. The van der Waals surface area contributed by atoms with Gasteiger partial charge in [-0.15, -0.1) is 0 Å². The first-order valence-electron chi connectivity index (χ1n) is 10.6. The molecule has 7 nitrogen and oxygen atoms in total. The van der Waals surface area contributed by atoms with Crippen molar-refractivity contribution in [3.8, 4) is 11.3 Å². The number of likely N-dealkylation sites (tertiary alicyclic amines) is 1. The van der Waals surface area contributed by atoms with E-state index < -0.39 is 0 Å². The number of carbonyl (C=O) groups is 1. The summed E-state index contributed by atoms with van der Waals surface area (Å²) in [7, 11) is 0. The first-order valence-corrected chi connectivity index (χ1v) is 10.6. The third kappa shape index (κ3) is 3.53. The molecule has 2 aliphatic rings. The molecule has 1 saturated carbocycles. The first-order chi connectivity index (χ1) is 14.5. The number of amides is 1. The molecule has 0 spiro atoms. The van der Waals surface area contributed by atoms with E-state index in [4.69, 9.17) is 8.94 Å². The van der Waals surface area contributed by atoms with Gasteiger partial charge in [0.05, 0.1) is 5.41 Å². The Balaban J connectivity index is 1.45. The molecule has 1 atom stereocenters. The summed E-state index contributed by atoms with van der Waals surface area (Å²) >= 11 is 0. The van der Waals surface area contributed by atoms with Gasteiger partial charge in [-0.2, -0.15) is 4.98 Å². The van der Waals surface area contributed by atoms with E-state index >= 15 is 0 Å². The number of oxazole rings is 1. The second-order valence-corrected chi connectivity index (χ2v) is 8.79. The highest BCUT2D eigenvalue weighted by atomic mass is 16.5. The number of piperidine rings is 1. The second-order valence-electron chi connectivity index (χ2n) is 8.79. The summed E-state index contributed by atoms with van der Waals surface area (Å²) in [5.74, 6) is 2.43. The lowest BCUT2D eigenvalue weighted by molar-refractivity contribution is 0.0602. The molecule has 3 aromatic rings. The van der Waals surface area contributed by atoms with Crippen LogP contribution in [0.5, 0.6) is 0 Å². The summed E-state index contributed by atoms with van der Waals surface area (Å²) in [5, 5.41) is 4.27. The van der Waals surface area contributed by atoms with Crippen molar-refractivity contribution < 1.29 is 13.7 Å². The molecule has 0 N–H and O–H groups in total. The smallest absolute Gasteiger partial charge is 0.276 e. The standard InChI is InChI=1S/C23H26N4O3/c1-15-5-3-6-18(11-15)20-19(24-14-29-20)21(28)27-10-4-9-23(13-27,12-17-7-8-17)22-25-16(2)30-26-22/h3,5-6,11,14,17H,4,7-10,12-13H2,1-2H3. The van der Waals surface area contributed by atoms with E-state index in [1.54, 1.807) is 0 Å². The quantitative estimate of drug-likeness (QED) is 0.627. The topological polar surface area (TPSA) is 85.3 Å². The Morgan fingerprint density at radius 1 is 1.30 bits per heavy atom. The summed E-state index contributed by atoms with van der Waals surface area (Å²) in [4.78, 5) is 24.3. The van der Waals surface area contributed by atoms with E-state index in [-0.39, 0.29) is 11.3 Å². The molecule has 1 aliphatic carbocycles. The van der Waals surface area contributed by atoms with Gasteiger partial charge in [-0.3, -0.25) is 4.79 Å². The summed E-state index contributed by atoms with van der Waals surface area (Å²) in [6.45, 7) is 5.12. The van der Waals surface area contributed by atoms with Gasteiger partial charge in [0.1, 0.15) is 0 Å². The van der Waals surface area contributed by atoms with Crippen LogP contribution in [0.1, 0.15) is 59.9 Å². The third-order valence-corrected chi connectivity index (χ3v) is 6.29. The predicted molar refractivity (Wildman–Crippen MR) is 110 cm³/mol. The normalized spacial score (nSPS) is 21.7. The molecule has 2 aromatic heterocycles. The molecule has 1 saturated heterocycles. The number of nitrogens with zero attached hydrogens (tertiary/aromatic N) is 4. The number of benzene rings is 1. The predicted octanol–water partition coefficient (Wildman–Crippen LogP) is 4.32. The van der Waals surface area contributed by atoms with Crippen molar-refractivity contribution in [3.63, 3.8) is 0 Å². The molecule has 1 amide bonds. The van der Waals surface area contributed by atoms with Gasteiger partial charge in [0, 0.05) is 25.6 Å². The molecule has 1 aromatic carbocycles. The van der Waals surface area contributed by atoms with Gasteiger partial charge in [0.15, 0.2) is 23.7 Å². The van der Waals surface area contributed by atoms with Crippen molar-refractivity contribution in [3.05, 3.63) is 53.6 Å². The Hall–Kier alpha value is -2.96. The minimum absolute atomic E-state index is 0.0969. The lowest BCUT2D eigenvalue weighted by Crippen LogP contribution is -2.49. The molecule has 1 unspecified atom stereocenters. The second kappa shape index (κ2) is 7.38. The molecule has 1 aliphatic heterocycles. The number of hydrogen-bond donors (Lipinski definition) is 0. The SMILES string of the molecule is Cc1cccc(-c2ocnc2C(=O)N2CCCC(CC3CC3)(c3noc(C)n3)C2)c1. The minimum Gasteiger partial charge on any atom is -0.443 e. The zero-order chi connectivity index (χ0) is 20.7. The number of hydrogen-bond acceptors (Lipinski definition) is 6. The maximum Gasteiger partial charge on any atom is 0.276 e. The maximum atomic E-state index is 13.5. The highest BCUT2D eigenvalue weighted by Gasteiger charge is 2.46. The van der Waals surface area contributed by atoms with Crippen LogP contribution in [0.4, 0.5) is 0 Å². The van der Waals surface area contributed by atoms with Gasteiger partial charge in [-0.25, -0.2) is 4.98 Å². The molecule has 2 fully saturated rings. The largest absolute Gasteiger partial charge is 0.443 e. The van der Waals surface area contributed by atoms with E-state index in [2.05, 4.69) is 15.1 Å². The van der Waals surface area contributed by atoms with Crippen LogP contribution in [-0.2, 0) is 5.41 Å². The Morgan fingerprint density at radius 2 is 2.17 bits per heavy atom. The van der Waals surface area contributed by atoms with Crippen LogP contribution in [0.2, 0.25) is 0 Å². The Morgan fingerprint density at radius 3 is 2.90 bits per heavy atom. The molecule has 156 valence electrons. The van der Waals surface area contributed by atoms with Crippen LogP contribution in [0.3, 0.4) is 0 Å². The summed E-state index contributed by atoms with van der Waals surface area (Å²) in [5.41, 5.74) is 2.09. The molecule has 0 bridgehead atoms. The van der Waals surface area contributed by atoms with Crippen molar-refractivity contribution in [2.24, 2.45) is 5.92 Å². The van der Waals surface area contributed by atoms with Crippen LogP contribution in [-0.4, -0.2) is 39.0 Å². The number of aryl methyl sites for hydroxylation is 2. The van der Waals surface area contributed by atoms with Crippen LogP contribution in [0.25, 0.3) is 11.3 Å². The van der Waals surface area contributed by atoms with Gasteiger partial charge >= 0.3 is 0 Å². The Labute approximate surface area is 175 Å². The maximum absolute atomic E-state index is 13.5. The molecule has 3 heterocycles. The van der Waals surface area contributed by atoms with Crippen molar-refractivity contribution in [2.75, 3.05) is 13.1 Å². The zero-order valence-corrected chi connectivity index (χ0v) is 17.4. The van der Waals surface area contributed by atoms with Crippen LogP contribution >= 0.6 is 0 Å². The van der Waals surface area contributed by atoms with Crippen LogP contribution < -0.4 is 0 Å². The van der Waals surface area contributed by atoms with E-state index in [1.807, 2.05) is 43.0 Å². The fourth-order valence-electron chi connectivity index (χ4n) is 4.67. The Bertz CT molecular complexity index is 1070. The van der Waals surface area contributed by atoms with Crippen LogP contribution in [0, 0.1) is 19.8 Å². The van der Waals surface area contributed by atoms with Gasteiger partial charge in [0.25, 0.3) is 5.91 Å². The molecule has 5 rings (SSSR count). The minimum atomic E-state index is -0.250. The fraction of sp³-hybridized carbons (Fsp3) is 0.478. The molecule has 30 heavy (non-hydrogen) atoms. The number of rotatable bonds is 5. The van der Waals surface area contributed by atoms with Gasteiger partial charge in [0.2, 0.25) is 5.89 Å². The summed E-state index contributed by atoms with van der Waals surface area (Å²) in [6, 6.07) is 7.93. The molecule has 0 radical (unpaired) electrons. The average Bonchev–Trinajstić information content (AvgIpc) is 3.23. The van der Waals surface area contributed by atoms with E-state index in [0.717, 1.165) is 36.2 Å². The van der Waals surface area contributed by atoms with Gasteiger partial charge < -0.3 is 13.8 Å². The Kier molecular flexibility index (Phi) is 4.68. The lowest BCUT2D eigenvalue weighted by Gasteiger charge is -2.41. The number of carbonyl (C=O) groups excluding carboxylic acids is 1. The lowest BCUT2D eigenvalue weighted by atomic mass is 9.74. The van der Waals surface area contributed by atoms with Crippen molar-refractivity contribution in [1.29, 1.82) is 0 Å². The molecular formula is C23H26N4O3. The summed E-state index contributed by atoms with van der Waals surface area (Å²) in [6.07, 6.45) is 6.72. The molecule has 7 heteroatoms. The first kappa shape index (κ1) is 19.0. The van der Waals surface area contributed by atoms with Crippen LogP contribution in [0.15, 0.2) is 39.6 Å². The zero-order valence-electron chi connectivity index (χ0n) is 17.4. The average molecular weight is 406 g/mol. The molecular weight excluding hydrogens is 380 g/mol. The number of aromatic nitrogens is 3. The summed E-state index contributed by atoms with van der Waals surface area (Å²) < 4.78 is 10.9. The van der Waals surface area contributed by atoms with Gasteiger partial charge in [-0.05, 0) is 38.2 Å². The monoisotopic (exact) mass is 406 g/mol. The van der Waals surface area contributed by atoms with E-state index in [1.165, 1.54) is 19.2 Å². The fourth-order valence-corrected chi connectivity index (χ4v) is 4.67. The third-order valence-electron chi connectivity index (χ3n) is 6.29. The van der Waals surface area contributed by atoms with Crippen molar-refractivity contribution in [2.45, 2.75) is 51.4 Å². The van der Waals surface area contributed by atoms with Crippen molar-refractivity contribution in [1.82, 2.24) is 20.0 Å². The van der Waals surface area contributed by atoms with E-state index in [0.29, 0.717) is 36.4 Å². The highest BCUT2D eigenvalue weighted by molar-refractivity contribution is 5.97. The van der Waals surface area contributed by atoms with Gasteiger partial charge in [-0.1, -0.05) is 41.8 Å². The van der Waals surface area contributed by atoms with Crippen molar-refractivity contribution >= 4 is 5.91 Å².